The van der Waals surface area contributed by atoms with Crippen LogP contribution >= 0.6 is 23.4 Å². The van der Waals surface area contributed by atoms with Crippen LogP contribution in [-0.2, 0) is 5.75 Å². The van der Waals surface area contributed by atoms with Crippen molar-refractivity contribution in [3.8, 4) is 5.69 Å². The summed E-state index contributed by atoms with van der Waals surface area (Å²) < 4.78 is 7.62. The summed E-state index contributed by atoms with van der Waals surface area (Å²) in [6.45, 7) is 6.68. The Morgan fingerprint density at radius 3 is 2.57 bits per heavy atom. The molecule has 8 nitrogen and oxygen atoms in total. The van der Waals surface area contributed by atoms with Gasteiger partial charge in [-0.3, -0.25) is 9.36 Å². The number of carbonyl (C=O) groups is 1. The number of carbonyl (C=O) groups excluding carboxylic acids is 1. The van der Waals surface area contributed by atoms with Crippen molar-refractivity contribution in [3.63, 3.8) is 0 Å². The molecule has 0 aliphatic carbocycles. The van der Waals surface area contributed by atoms with Crippen molar-refractivity contribution in [3.05, 3.63) is 82.8 Å². The van der Waals surface area contributed by atoms with Gasteiger partial charge in [-0.1, -0.05) is 41.6 Å². The van der Waals surface area contributed by atoms with Crippen LogP contribution in [-0.4, -0.2) is 56.7 Å². The molecule has 0 atom stereocenters. The van der Waals surface area contributed by atoms with E-state index in [9.17, 15) is 4.79 Å². The smallest absolute Gasteiger partial charge is 0.275 e. The highest BCUT2D eigenvalue weighted by Crippen LogP contribution is 2.26. The first kappa shape index (κ1) is 23.4. The maximum Gasteiger partial charge on any atom is 0.275 e. The highest BCUT2D eigenvalue weighted by molar-refractivity contribution is 7.98. The third-order valence-electron chi connectivity index (χ3n) is 5.89. The number of aromatic nitrogens is 4. The molecule has 0 spiro atoms. The van der Waals surface area contributed by atoms with E-state index in [1.54, 1.807) is 0 Å². The maximum atomic E-state index is 13.0. The fourth-order valence-electron chi connectivity index (χ4n) is 4.10. The van der Waals surface area contributed by atoms with Gasteiger partial charge in [-0.05, 0) is 49.7 Å². The summed E-state index contributed by atoms with van der Waals surface area (Å²) in [6.07, 6.45) is 1.44. The number of hydrogen-bond acceptors (Lipinski definition) is 7. The van der Waals surface area contributed by atoms with Gasteiger partial charge in [0.15, 0.2) is 10.9 Å². The topological polar surface area (TPSA) is 80.3 Å². The molecule has 0 N–H and O–H groups in total. The molecule has 0 unspecified atom stereocenters. The van der Waals surface area contributed by atoms with Gasteiger partial charge in [-0.25, -0.2) is 4.98 Å². The zero-order valence-corrected chi connectivity index (χ0v) is 21.1. The Labute approximate surface area is 212 Å². The molecule has 4 aromatic rings. The Morgan fingerprint density at radius 1 is 1.03 bits per heavy atom. The first-order chi connectivity index (χ1) is 17.0. The molecular formula is C25H25ClN6O2S. The molecule has 2 aromatic heterocycles. The Morgan fingerprint density at radius 2 is 1.80 bits per heavy atom. The Bertz CT molecular complexity index is 1350. The first-order valence-corrected chi connectivity index (χ1v) is 12.7. The lowest BCUT2D eigenvalue weighted by Crippen LogP contribution is -2.48. The summed E-state index contributed by atoms with van der Waals surface area (Å²) in [4.78, 5) is 21.5. The van der Waals surface area contributed by atoms with Gasteiger partial charge in [0.1, 0.15) is 12.1 Å². The quantitative estimate of drug-likeness (QED) is 0.347. The Kier molecular flexibility index (Phi) is 6.79. The van der Waals surface area contributed by atoms with Crippen molar-refractivity contribution in [2.45, 2.75) is 24.8 Å². The van der Waals surface area contributed by atoms with E-state index in [2.05, 4.69) is 39.1 Å². The van der Waals surface area contributed by atoms with Gasteiger partial charge in [-0.15, -0.1) is 10.2 Å². The van der Waals surface area contributed by atoms with E-state index in [1.807, 2.05) is 52.8 Å². The van der Waals surface area contributed by atoms with Gasteiger partial charge in [0.2, 0.25) is 5.89 Å². The molecule has 1 saturated heterocycles. The van der Waals surface area contributed by atoms with Crippen molar-refractivity contribution < 1.29 is 9.21 Å². The van der Waals surface area contributed by atoms with Crippen molar-refractivity contribution >= 4 is 35.0 Å². The minimum atomic E-state index is -0.116. The number of rotatable bonds is 6. The number of aryl methyl sites for hydroxylation is 2. The normalized spacial score (nSPS) is 13.9. The second-order valence-corrected chi connectivity index (χ2v) is 9.76. The van der Waals surface area contributed by atoms with Crippen LogP contribution in [0.25, 0.3) is 5.69 Å². The third kappa shape index (κ3) is 5.21. The molecule has 3 heterocycles. The highest BCUT2D eigenvalue weighted by atomic mass is 35.5. The minimum Gasteiger partial charge on any atom is -0.447 e. The Balaban J connectivity index is 1.20. The molecule has 1 aliphatic rings. The molecule has 35 heavy (non-hydrogen) atoms. The van der Waals surface area contributed by atoms with Crippen molar-refractivity contribution in [2.24, 2.45) is 0 Å². The number of nitrogens with zero attached hydrogens (tertiary/aromatic N) is 6. The number of amides is 1. The summed E-state index contributed by atoms with van der Waals surface area (Å²) in [5.41, 5.74) is 3.57. The summed E-state index contributed by atoms with van der Waals surface area (Å²) in [5, 5.41) is 10.00. The van der Waals surface area contributed by atoms with Crippen LogP contribution < -0.4 is 4.90 Å². The van der Waals surface area contributed by atoms with E-state index in [4.69, 9.17) is 16.0 Å². The van der Waals surface area contributed by atoms with Gasteiger partial charge >= 0.3 is 0 Å². The summed E-state index contributed by atoms with van der Waals surface area (Å²) in [5.74, 6) is 1.61. The highest BCUT2D eigenvalue weighted by Gasteiger charge is 2.25. The third-order valence-corrected chi connectivity index (χ3v) is 7.04. The van der Waals surface area contributed by atoms with Crippen LogP contribution in [0.4, 0.5) is 5.69 Å². The zero-order valence-electron chi connectivity index (χ0n) is 19.5. The Hall–Kier alpha value is -3.30. The average Bonchev–Trinajstić information content (AvgIpc) is 3.49. The number of oxazole rings is 1. The monoisotopic (exact) mass is 508 g/mol. The molecule has 2 aromatic carbocycles. The zero-order chi connectivity index (χ0) is 24.4. The van der Waals surface area contributed by atoms with Gasteiger partial charge in [0.05, 0.1) is 5.75 Å². The lowest BCUT2D eigenvalue weighted by atomic mass is 10.2. The van der Waals surface area contributed by atoms with Crippen LogP contribution in [0.15, 0.2) is 64.4 Å². The van der Waals surface area contributed by atoms with Crippen LogP contribution in [0, 0.1) is 13.8 Å². The molecule has 1 fully saturated rings. The van der Waals surface area contributed by atoms with Crippen LogP contribution in [0.3, 0.4) is 0 Å². The fourth-order valence-corrected chi connectivity index (χ4v) is 5.14. The number of anilines is 1. The number of hydrogen-bond donors (Lipinski definition) is 0. The molecule has 0 bridgehead atoms. The van der Waals surface area contributed by atoms with Crippen LogP contribution in [0.5, 0.6) is 0 Å². The molecule has 0 radical (unpaired) electrons. The lowest BCUT2D eigenvalue weighted by Gasteiger charge is -2.35. The number of benzene rings is 2. The van der Waals surface area contributed by atoms with Gasteiger partial charge < -0.3 is 14.2 Å². The summed E-state index contributed by atoms with van der Waals surface area (Å²) in [7, 11) is 0. The minimum absolute atomic E-state index is 0.116. The second kappa shape index (κ2) is 10.1. The largest absolute Gasteiger partial charge is 0.447 e. The number of thioether (sulfide) groups is 1. The van der Waals surface area contributed by atoms with E-state index >= 15 is 0 Å². The number of piperazine rings is 1. The van der Waals surface area contributed by atoms with Gasteiger partial charge in [0.25, 0.3) is 5.91 Å². The van der Waals surface area contributed by atoms with E-state index in [0.717, 1.165) is 41.0 Å². The molecule has 10 heteroatoms. The van der Waals surface area contributed by atoms with Crippen LogP contribution in [0.2, 0.25) is 5.02 Å². The molecule has 5 rings (SSSR count). The first-order valence-electron chi connectivity index (χ1n) is 11.3. The molecule has 0 saturated carbocycles. The summed E-state index contributed by atoms with van der Waals surface area (Å²) in [6, 6.07) is 16.0. The predicted octanol–water partition coefficient (Wildman–Crippen LogP) is 4.78. The van der Waals surface area contributed by atoms with Gasteiger partial charge in [-0.2, -0.15) is 0 Å². The van der Waals surface area contributed by atoms with E-state index in [0.29, 0.717) is 35.4 Å². The lowest BCUT2D eigenvalue weighted by molar-refractivity contribution is 0.0741. The van der Waals surface area contributed by atoms with Crippen molar-refractivity contribution in [1.29, 1.82) is 0 Å². The average molecular weight is 509 g/mol. The fraction of sp³-hybridized carbons (Fsp3) is 0.280. The standard InChI is InChI=1S/C25H25ClN6O2S/c1-17-5-3-8-21(13-17)32-18(2)28-29-25(32)35-16-23-27-22(15-34-23)24(33)31-11-9-30(10-12-31)20-7-4-6-19(26)14-20/h3-8,13-15H,9-12,16H2,1-2H3. The maximum absolute atomic E-state index is 13.0. The van der Waals surface area contributed by atoms with Gasteiger partial charge in [0, 0.05) is 42.6 Å². The molecular weight excluding hydrogens is 484 g/mol. The molecule has 1 aliphatic heterocycles. The van der Waals surface area contributed by atoms with Crippen LogP contribution in [0.1, 0.15) is 27.8 Å². The molecule has 180 valence electrons. The van der Waals surface area contributed by atoms with Crippen molar-refractivity contribution in [1.82, 2.24) is 24.6 Å². The summed E-state index contributed by atoms with van der Waals surface area (Å²) >= 11 is 7.59. The van der Waals surface area contributed by atoms with Crippen molar-refractivity contribution in [2.75, 3.05) is 31.1 Å². The SMILES string of the molecule is Cc1cccc(-n2c(C)nnc2SCc2nc(C(=O)N3CCN(c4cccc(Cl)c4)CC3)co2)c1. The second-order valence-electron chi connectivity index (χ2n) is 8.38. The number of halogens is 1. The predicted molar refractivity (Wildman–Crippen MR) is 136 cm³/mol. The van der Waals surface area contributed by atoms with E-state index in [1.165, 1.54) is 18.0 Å². The van der Waals surface area contributed by atoms with E-state index < -0.39 is 0 Å². The molecule has 1 amide bonds. The van der Waals surface area contributed by atoms with E-state index in [-0.39, 0.29) is 5.91 Å².